The quantitative estimate of drug-likeness (QED) is 0.704. The van der Waals surface area contributed by atoms with Gasteiger partial charge in [0.25, 0.3) is 0 Å². The number of primary amides is 1. The first-order valence-corrected chi connectivity index (χ1v) is 11.3. The summed E-state index contributed by atoms with van der Waals surface area (Å²) in [5.41, 5.74) is 9.06. The minimum atomic E-state index is -3.26. The lowest BCUT2D eigenvalue weighted by Crippen LogP contribution is -2.13. The molecule has 1 heterocycles. The van der Waals surface area contributed by atoms with E-state index in [1.807, 2.05) is 36.4 Å². The molecule has 0 saturated carbocycles. The SMILES string of the molecule is C=C1C=C(CS(C)(=O)=O)OC(CCc2ccc(-c3ccc(C(N)=O)cc3)cc2)=C1O. The maximum atomic E-state index is 11.5. The second kappa shape index (κ2) is 8.59. The van der Waals surface area contributed by atoms with Crippen LogP contribution in [0.5, 0.6) is 0 Å². The Kier molecular flexibility index (Phi) is 6.12. The zero-order chi connectivity index (χ0) is 21.9. The molecule has 3 N–H and O–H groups in total. The third kappa shape index (κ3) is 5.39. The predicted octanol–water partition coefficient (Wildman–Crippen LogP) is 3.67. The van der Waals surface area contributed by atoms with Crippen LogP contribution < -0.4 is 5.73 Å². The highest BCUT2D eigenvalue weighted by Gasteiger charge is 2.21. The lowest BCUT2D eigenvalue weighted by atomic mass is 10.00. The summed E-state index contributed by atoms with van der Waals surface area (Å²) in [5, 5.41) is 10.2. The van der Waals surface area contributed by atoms with Crippen molar-refractivity contribution in [2.45, 2.75) is 12.8 Å². The summed E-state index contributed by atoms with van der Waals surface area (Å²) >= 11 is 0. The lowest BCUT2D eigenvalue weighted by Gasteiger charge is -2.20. The van der Waals surface area contributed by atoms with Crippen LogP contribution in [0.15, 0.2) is 84.0 Å². The van der Waals surface area contributed by atoms with Crippen molar-refractivity contribution in [2.24, 2.45) is 5.73 Å². The van der Waals surface area contributed by atoms with Crippen LogP contribution in [0.3, 0.4) is 0 Å². The van der Waals surface area contributed by atoms with Crippen molar-refractivity contribution in [3.63, 3.8) is 0 Å². The van der Waals surface area contributed by atoms with E-state index in [1.165, 1.54) is 6.08 Å². The number of rotatable bonds is 7. The van der Waals surface area contributed by atoms with Gasteiger partial charge in [-0.05, 0) is 41.3 Å². The molecule has 0 aliphatic carbocycles. The molecule has 0 spiro atoms. The van der Waals surface area contributed by atoms with E-state index in [4.69, 9.17) is 10.5 Å². The Labute approximate surface area is 175 Å². The van der Waals surface area contributed by atoms with Crippen molar-refractivity contribution in [2.75, 3.05) is 12.0 Å². The monoisotopic (exact) mass is 425 g/mol. The molecule has 0 unspecified atom stereocenters. The molecular formula is C23H23NO5S. The molecular weight excluding hydrogens is 402 g/mol. The largest absolute Gasteiger partial charge is 0.504 e. The molecule has 0 bridgehead atoms. The van der Waals surface area contributed by atoms with Gasteiger partial charge in [0.15, 0.2) is 15.6 Å². The average molecular weight is 426 g/mol. The Morgan fingerprint density at radius 3 is 2.13 bits per heavy atom. The molecule has 30 heavy (non-hydrogen) atoms. The van der Waals surface area contributed by atoms with E-state index in [0.29, 0.717) is 29.7 Å². The number of amides is 1. The zero-order valence-electron chi connectivity index (χ0n) is 16.6. The Morgan fingerprint density at radius 1 is 1.03 bits per heavy atom. The molecule has 0 atom stereocenters. The van der Waals surface area contributed by atoms with Crippen LogP contribution in [0.1, 0.15) is 22.3 Å². The number of aliphatic hydroxyl groups is 1. The molecule has 0 fully saturated rings. The zero-order valence-corrected chi connectivity index (χ0v) is 17.4. The van der Waals surface area contributed by atoms with Crippen molar-refractivity contribution in [1.82, 2.24) is 0 Å². The summed E-state index contributed by atoms with van der Waals surface area (Å²) in [7, 11) is -3.26. The first-order chi connectivity index (χ1) is 14.1. The van der Waals surface area contributed by atoms with Gasteiger partial charge in [0, 0.05) is 23.8 Å². The number of ether oxygens (including phenoxy) is 1. The van der Waals surface area contributed by atoms with E-state index in [9.17, 15) is 18.3 Å². The minimum absolute atomic E-state index is 0.0570. The maximum absolute atomic E-state index is 11.5. The van der Waals surface area contributed by atoms with Gasteiger partial charge >= 0.3 is 0 Å². The van der Waals surface area contributed by atoms with Crippen LogP contribution in [-0.2, 0) is 21.0 Å². The third-order valence-electron chi connectivity index (χ3n) is 4.66. The molecule has 1 aliphatic rings. The summed E-state index contributed by atoms with van der Waals surface area (Å²) in [4.78, 5) is 11.2. The molecule has 3 rings (SSSR count). The second-order valence-corrected chi connectivity index (χ2v) is 9.36. The second-order valence-electron chi connectivity index (χ2n) is 7.22. The number of aryl methyl sites for hydroxylation is 1. The van der Waals surface area contributed by atoms with Crippen LogP contribution in [0, 0.1) is 0 Å². The number of hydrogen-bond donors (Lipinski definition) is 2. The summed E-state index contributed by atoms with van der Waals surface area (Å²) in [6, 6.07) is 15.0. The van der Waals surface area contributed by atoms with Gasteiger partial charge in [-0.3, -0.25) is 4.79 Å². The molecule has 0 radical (unpaired) electrons. The van der Waals surface area contributed by atoms with Crippen molar-refractivity contribution < 1.29 is 23.1 Å². The smallest absolute Gasteiger partial charge is 0.248 e. The number of nitrogens with two attached hydrogens (primary N) is 1. The van der Waals surface area contributed by atoms with Crippen molar-refractivity contribution in [3.05, 3.63) is 95.2 Å². The maximum Gasteiger partial charge on any atom is 0.248 e. The average Bonchev–Trinajstić information content (AvgIpc) is 2.69. The number of carbonyl (C=O) groups excluding carboxylic acids is 1. The molecule has 2 aromatic rings. The van der Waals surface area contributed by atoms with E-state index in [1.54, 1.807) is 12.1 Å². The fourth-order valence-electron chi connectivity index (χ4n) is 3.13. The standard InChI is InChI=1S/C23H23NO5S/c1-15-13-20(14-30(2,27)28)29-21(22(15)25)12-5-16-3-6-17(7-4-16)18-8-10-19(11-9-18)23(24)26/h3-4,6-11,13,25H,1,5,12,14H2,2H3,(H2,24,26). The van der Waals surface area contributed by atoms with Crippen LogP contribution in [0.4, 0.5) is 0 Å². The van der Waals surface area contributed by atoms with E-state index in [2.05, 4.69) is 6.58 Å². The van der Waals surface area contributed by atoms with Crippen LogP contribution >= 0.6 is 0 Å². The van der Waals surface area contributed by atoms with Gasteiger partial charge in [-0.15, -0.1) is 0 Å². The van der Waals surface area contributed by atoms with Crippen molar-refractivity contribution in [1.29, 1.82) is 0 Å². The van der Waals surface area contributed by atoms with Gasteiger partial charge in [-0.25, -0.2) is 8.42 Å². The third-order valence-corrected chi connectivity index (χ3v) is 5.47. The molecule has 1 aliphatic heterocycles. The van der Waals surface area contributed by atoms with E-state index < -0.39 is 15.7 Å². The molecule has 1 amide bonds. The molecule has 0 aromatic heterocycles. The highest BCUT2D eigenvalue weighted by Crippen LogP contribution is 2.28. The highest BCUT2D eigenvalue weighted by molar-refractivity contribution is 7.90. The molecule has 156 valence electrons. The molecule has 6 nitrogen and oxygen atoms in total. The summed E-state index contributed by atoms with van der Waals surface area (Å²) in [6.07, 6.45) is 3.57. The van der Waals surface area contributed by atoms with Gasteiger partial charge in [-0.2, -0.15) is 0 Å². The number of carbonyl (C=O) groups is 1. The molecule has 7 heteroatoms. The fraction of sp³-hybridized carbons (Fsp3) is 0.174. The molecule has 2 aromatic carbocycles. The first kappa shape index (κ1) is 21.4. The van der Waals surface area contributed by atoms with Gasteiger partial charge in [-0.1, -0.05) is 43.0 Å². The number of aliphatic hydroxyl groups excluding tert-OH is 1. The Morgan fingerprint density at radius 2 is 1.60 bits per heavy atom. The van der Waals surface area contributed by atoms with Crippen LogP contribution in [0.25, 0.3) is 11.1 Å². The molecule has 0 saturated heterocycles. The van der Waals surface area contributed by atoms with Crippen LogP contribution in [0.2, 0.25) is 0 Å². The van der Waals surface area contributed by atoms with Gasteiger partial charge < -0.3 is 15.6 Å². The predicted molar refractivity (Wildman–Crippen MR) is 116 cm³/mol. The van der Waals surface area contributed by atoms with E-state index in [-0.39, 0.29) is 17.3 Å². The number of allylic oxidation sites excluding steroid dienone is 2. The fourth-order valence-corrected chi connectivity index (χ4v) is 3.78. The van der Waals surface area contributed by atoms with E-state index >= 15 is 0 Å². The van der Waals surface area contributed by atoms with Gasteiger partial charge in [0.1, 0.15) is 17.3 Å². The van der Waals surface area contributed by atoms with Gasteiger partial charge in [0.05, 0.1) is 0 Å². The summed E-state index contributed by atoms with van der Waals surface area (Å²) in [5.74, 6) is -0.196. The van der Waals surface area contributed by atoms with Crippen molar-refractivity contribution in [3.8, 4) is 11.1 Å². The van der Waals surface area contributed by atoms with Crippen LogP contribution in [-0.4, -0.2) is 31.4 Å². The highest BCUT2D eigenvalue weighted by atomic mass is 32.2. The first-order valence-electron chi connectivity index (χ1n) is 9.29. The summed E-state index contributed by atoms with van der Waals surface area (Å²) < 4.78 is 28.6. The van der Waals surface area contributed by atoms with E-state index in [0.717, 1.165) is 22.9 Å². The Hall–Kier alpha value is -3.32. The lowest BCUT2D eigenvalue weighted by molar-refractivity contribution is 0.100. The number of benzene rings is 2. The van der Waals surface area contributed by atoms with Crippen molar-refractivity contribution >= 4 is 15.7 Å². The van der Waals surface area contributed by atoms with Gasteiger partial charge in [0.2, 0.25) is 5.91 Å². The number of hydrogen-bond acceptors (Lipinski definition) is 5. The number of sulfone groups is 1. The normalized spacial score (nSPS) is 14.3. The Balaban J connectivity index is 1.66. The topological polar surface area (TPSA) is 107 Å². The summed E-state index contributed by atoms with van der Waals surface area (Å²) in [6.45, 7) is 3.75. The Bertz CT molecular complexity index is 1140. The minimum Gasteiger partial charge on any atom is -0.504 e.